The molecule has 0 heterocycles. The Morgan fingerprint density at radius 3 is 2.29 bits per heavy atom. The largest absolute Gasteiger partial charge is 0.351 e. The standard InChI is InChI=1S/C18H22N2O3S/c1-3-14(15-9-5-4-6-10-15)13-19-18(21)16-11-7-8-12-17(16)20-24(2,22)23/h4-12,14,20H,3,13H2,1-2H3,(H,19,21). The van der Waals surface area contributed by atoms with Gasteiger partial charge in [-0.15, -0.1) is 0 Å². The summed E-state index contributed by atoms with van der Waals surface area (Å²) in [5, 5.41) is 2.90. The molecule has 0 spiro atoms. The van der Waals surface area contributed by atoms with E-state index in [-0.39, 0.29) is 17.5 Å². The summed E-state index contributed by atoms with van der Waals surface area (Å²) in [4.78, 5) is 12.5. The number of rotatable bonds is 7. The molecule has 2 aromatic rings. The first-order valence-electron chi connectivity index (χ1n) is 7.80. The Morgan fingerprint density at radius 1 is 1.04 bits per heavy atom. The highest BCUT2D eigenvalue weighted by Crippen LogP contribution is 2.19. The summed E-state index contributed by atoms with van der Waals surface area (Å²) in [6.07, 6.45) is 1.96. The van der Waals surface area contributed by atoms with E-state index in [0.717, 1.165) is 12.7 Å². The van der Waals surface area contributed by atoms with Gasteiger partial charge in [0, 0.05) is 12.5 Å². The van der Waals surface area contributed by atoms with E-state index >= 15 is 0 Å². The maximum absolute atomic E-state index is 12.5. The van der Waals surface area contributed by atoms with Crippen molar-refractivity contribution in [2.75, 3.05) is 17.5 Å². The number of amides is 1. The molecule has 1 atom stereocenters. The van der Waals surface area contributed by atoms with Gasteiger partial charge in [0.25, 0.3) is 5.91 Å². The number of carbonyl (C=O) groups excluding carboxylic acids is 1. The van der Waals surface area contributed by atoms with E-state index < -0.39 is 10.0 Å². The van der Waals surface area contributed by atoms with Crippen molar-refractivity contribution in [3.05, 3.63) is 65.7 Å². The summed E-state index contributed by atoms with van der Waals surface area (Å²) in [6.45, 7) is 2.57. The summed E-state index contributed by atoms with van der Waals surface area (Å²) < 4.78 is 25.2. The summed E-state index contributed by atoms with van der Waals surface area (Å²) >= 11 is 0. The highest BCUT2D eigenvalue weighted by atomic mass is 32.2. The van der Waals surface area contributed by atoms with Crippen LogP contribution in [0, 0.1) is 0 Å². The Bertz CT molecular complexity index is 789. The predicted molar refractivity (Wildman–Crippen MR) is 96.7 cm³/mol. The first-order chi connectivity index (χ1) is 11.4. The third-order valence-electron chi connectivity index (χ3n) is 3.74. The molecular weight excluding hydrogens is 324 g/mol. The van der Waals surface area contributed by atoms with Crippen LogP contribution >= 0.6 is 0 Å². The Balaban J connectivity index is 2.10. The van der Waals surface area contributed by atoms with E-state index in [1.54, 1.807) is 24.3 Å². The summed E-state index contributed by atoms with van der Waals surface area (Å²) in [6, 6.07) is 16.6. The first kappa shape index (κ1) is 18.0. The molecule has 0 aliphatic rings. The molecule has 0 radical (unpaired) electrons. The van der Waals surface area contributed by atoms with Crippen LogP contribution < -0.4 is 10.0 Å². The molecular formula is C18H22N2O3S. The van der Waals surface area contributed by atoms with E-state index in [1.165, 1.54) is 5.56 Å². The van der Waals surface area contributed by atoms with Crippen LogP contribution in [-0.2, 0) is 10.0 Å². The van der Waals surface area contributed by atoms with E-state index in [2.05, 4.69) is 17.0 Å². The zero-order valence-electron chi connectivity index (χ0n) is 13.8. The summed E-state index contributed by atoms with van der Waals surface area (Å²) in [5.74, 6) is -0.0821. The maximum Gasteiger partial charge on any atom is 0.253 e. The van der Waals surface area contributed by atoms with E-state index in [9.17, 15) is 13.2 Å². The van der Waals surface area contributed by atoms with Gasteiger partial charge in [-0.25, -0.2) is 8.42 Å². The fraction of sp³-hybridized carbons (Fsp3) is 0.278. The quantitative estimate of drug-likeness (QED) is 0.809. The van der Waals surface area contributed by atoms with Crippen molar-refractivity contribution in [1.82, 2.24) is 5.32 Å². The Hall–Kier alpha value is -2.34. The van der Waals surface area contributed by atoms with Crippen molar-refractivity contribution >= 4 is 21.6 Å². The molecule has 1 amide bonds. The number of anilines is 1. The molecule has 0 saturated carbocycles. The highest BCUT2D eigenvalue weighted by Gasteiger charge is 2.15. The van der Waals surface area contributed by atoms with Gasteiger partial charge >= 0.3 is 0 Å². The van der Waals surface area contributed by atoms with Crippen LogP contribution in [0.1, 0.15) is 35.2 Å². The molecule has 0 saturated heterocycles. The number of para-hydroxylation sites is 1. The first-order valence-corrected chi connectivity index (χ1v) is 9.70. The van der Waals surface area contributed by atoms with Gasteiger partial charge in [0.15, 0.2) is 0 Å². The van der Waals surface area contributed by atoms with E-state index in [1.807, 2.05) is 30.3 Å². The average molecular weight is 346 g/mol. The summed E-state index contributed by atoms with van der Waals surface area (Å²) in [5.41, 5.74) is 1.76. The van der Waals surface area contributed by atoms with Crippen LogP contribution in [-0.4, -0.2) is 27.1 Å². The predicted octanol–water partition coefficient (Wildman–Crippen LogP) is 2.98. The summed E-state index contributed by atoms with van der Waals surface area (Å²) in [7, 11) is -3.44. The monoisotopic (exact) mass is 346 g/mol. The van der Waals surface area contributed by atoms with Gasteiger partial charge in [-0.05, 0) is 24.1 Å². The minimum Gasteiger partial charge on any atom is -0.351 e. The number of benzene rings is 2. The molecule has 2 N–H and O–H groups in total. The van der Waals surface area contributed by atoms with Crippen molar-refractivity contribution in [3.63, 3.8) is 0 Å². The van der Waals surface area contributed by atoms with Gasteiger partial charge in [0.1, 0.15) is 0 Å². The fourth-order valence-corrected chi connectivity index (χ4v) is 3.08. The van der Waals surface area contributed by atoms with Crippen molar-refractivity contribution in [1.29, 1.82) is 0 Å². The fourth-order valence-electron chi connectivity index (χ4n) is 2.50. The molecule has 5 nitrogen and oxygen atoms in total. The lowest BCUT2D eigenvalue weighted by molar-refractivity contribution is 0.0952. The van der Waals surface area contributed by atoms with Gasteiger partial charge in [0.2, 0.25) is 10.0 Å². The number of sulfonamides is 1. The minimum atomic E-state index is -3.44. The second-order valence-corrected chi connectivity index (χ2v) is 7.39. The maximum atomic E-state index is 12.5. The molecule has 2 rings (SSSR count). The third kappa shape index (κ3) is 5.09. The van der Waals surface area contributed by atoms with Gasteiger partial charge in [-0.1, -0.05) is 49.4 Å². The molecule has 1 unspecified atom stereocenters. The van der Waals surface area contributed by atoms with Crippen molar-refractivity contribution in [3.8, 4) is 0 Å². The van der Waals surface area contributed by atoms with Gasteiger partial charge in [-0.3, -0.25) is 9.52 Å². The van der Waals surface area contributed by atoms with Crippen molar-refractivity contribution in [2.24, 2.45) is 0 Å². The minimum absolute atomic E-state index is 0.213. The molecule has 128 valence electrons. The topological polar surface area (TPSA) is 75.3 Å². The average Bonchev–Trinajstić information content (AvgIpc) is 2.55. The lowest BCUT2D eigenvalue weighted by Crippen LogP contribution is -2.29. The molecule has 0 fully saturated rings. The molecule has 2 aromatic carbocycles. The van der Waals surface area contributed by atoms with Crippen LogP contribution in [0.5, 0.6) is 0 Å². The molecule has 24 heavy (non-hydrogen) atoms. The van der Waals surface area contributed by atoms with Gasteiger partial charge < -0.3 is 5.32 Å². The molecule has 0 aliphatic carbocycles. The van der Waals surface area contributed by atoms with E-state index in [4.69, 9.17) is 0 Å². The number of hydrogen-bond acceptors (Lipinski definition) is 3. The molecule has 6 heteroatoms. The van der Waals surface area contributed by atoms with E-state index in [0.29, 0.717) is 12.1 Å². The van der Waals surface area contributed by atoms with Crippen LogP contribution in [0.15, 0.2) is 54.6 Å². The smallest absolute Gasteiger partial charge is 0.253 e. The van der Waals surface area contributed by atoms with Gasteiger partial charge in [-0.2, -0.15) is 0 Å². The Kier molecular flexibility index (Phi) is 5.98. The second-order valence-electron chi connectivity index (χ2n) is 5.65. The SMILES string of the molecule is CCC(CNC(=O)c1ccccc1NS(C)(=O)=O)c1ccccc1. The third-order valence-corrected chi connectivity index (χ3v) is 4.33. The van der Waals surface area contributed by atoms with Crippen LogP contribution in [0.4, 0.5) is 5.69 Å². The zero-order chi connectivity index (χ0) is 17.6. The highest BCUT2D eigenvalue weighted by molar-refractivity contribution is 7.92. The van der Waals surface area contributed by atoms with Crippen LogP contribution in [0.2, 0.25) is 0 Å². The number of hydrogen-bond donors (Lipinski definition) is 2. The lowest BCUT2D eigenvalue weighted by Gasteiger charge is -2.17. The zero-order valence-corrected chi connectivity index (χ0v) is 14.6. The van der Waals surface area contributed by atoms with Crippen molar-refractivity contribution < 1.29 is 13.2 Å². The lowest BCUT2D eigenvalue weighted by atomic mass is 9.96. The van der Waals surface area contributed by atoms with Crippen molar-refractivity contribution in [2.45, 2.75) is 19.3 Å². The number of carbonyl (C=O) groups is 1. The van der Waals surface area contributed by atoms with Gasteiger partial charge in [0.05, 0.1) is 17.5 Å². The molecule has 0 bridgehead atoms. The normalized spacial score (nSPS) is 12.4. The molecule has 0 aliphatic heterocycles. The van der Waals surface area contributed by atoms with Crippen LogP contribution in [0.3, 0.4) is 0 Å². The van der Waals surface area contributed by atoms with Crippen LogP contribution in [0.25, 0.3) is 0 Å². The Morgan fingerprint density at radius 2 is 1.67 bits per heavy atom. The molecule has 0 aromatic heterocycles. The number of nitrogens with one attached hydrogen (secondary N) is 2. The Labute approximate surface area is 143 Å². The second kappa shape index (κ2) is 7.97.